The molecule has 0 spiro atoms. The molecule has 0 saturated carbocycles. The minimum atomic E-state index is 0. The quantitative estimate of drug-likeness (QED) is 0.251. The first-order valence-electron chi connectivity index (χ1n) is 9.76. The van der Waals surface area contributed by atoms with E-state index in [2.05, 4.69) is 61.3 Å². The van der Waals surface area contributed by atoms with E-state index < -0.39 is 0 Å². The monoisotopic (exact) mass is 473 g/mol. The Labute approximate surface area is 176 Å². The molecule has 0 radical (unpaired) electrons. The standard InChI is InChI=1S/C21H35N3O.HI/c1-4-22-20(24-15-13-21(2,3)18-24)23-14-8-9-16-25-17-12-19-10-6-5-7-11-19;/h5-7,10-11H,4,8-9,12-18H2,1-3H3,(H,22,23);1H. The third-order valence-electron chi connectivity index (χ3n) is 4.65. The molecule has 1 aromatic carbocycles. The van der Waals surface area contributed by atoms with Gasteiger partial charge in [-0.2, -0.15) is 0 Å². The van der Waals surface area contributed by atoms with Gasteiger partial charge in [0.25, 0.3) is 0 Å². The van der Waals surface area contributed by atoms with Gasteiger partial charge in [-0.05, 0) is 43.6 Å². The van der Waals surface area contributed by atoms with Crippen molar-refractivity contribution in [2.24, 2.45) is 10.4 Å². The maximum absolute atomic E-state index is 5.74. The Bertz CT molecular complexity index is 519. The smallest absolute Gasteiger partial charge is 0.193 e. The Kier molecular flexibility index (Phi) is 11.2. The second-order valence-corrected chi connectivity index (χ2v) is 7.63. The van der Waals surface area contributed by atoms with Gasteiger partial charge < -0.3 is 15.0 Å². The van der Waals surface area contributed by atoms with Gasteiger partial charge >= 0.3 is 0 Å². The van der Waals surface area contributed by atoms with Crippen LogP contribution in [0.15, 0.2) is 35.3 Å². The largest absolute Gasteiger partial charge is 0.381 e. The third kappa shape index (κ3) is 8.71. The number of halogens is 1. The van der Waals surface area contributed by atoms with Gasteiger partial charge in [0.2, 0.25) is 0 Å². The van der Waals surface area contributed by atoms with Gasteiger partial charge in [0.15, 0.2) is 5.96 Å². The number of unbranched alkanes of at least 4 members (excludes halogenated alkanes) is 1. The lowest BCUT2D eigenvalue weighted by molar-refractivity contribution is 0.134. The molecular weight excluding hydrogens is 437 g/mol. The van der Waals surface area contributed by atoms with Crippen LogP contribution in [0, 0.1) is 5.41 Å². The summed E-state index contributed by atoms with van der Waals surface area (Å²) in [5.41, 5.74) is 1.75. The summed E-state index contributed by atoms with van der Waals surface area (Å²) in [4.78, 5) is 7.20. The van der Waals surface area contributed by atoms with Crippen molar-refractivity contribution in [3.8, 4) is 0 Å². The average Bonchev–Trinajstić information content (AvgIpc) is 2.97. The van der Waals surface area contributed by atoms with Crippen LogP contribution in [0.3, 0.4) is 0 Å². The molecule has 1 fully saturated rings. The fraction of sp³-hybridized carbons (Fsp3) is 0.667. The number of rotatable bonds is 9. The summed E-state index contributed by atoms with van der Waals surface area (Å²) in [5, 5.41) is 3.44. The van der Waals surface area contributed by atoms with Crippen molar-refractivity contribution < 1.29 is 4.74 Å². The van der Waals surface area contributed by atoms with Crippen molar-refractivity contribution in [2.45, 2.75) is 46.5 Å². The highest BCUT2D eigenvalue weighted by Gasteiger charge is 2.30. The number of guanidine groups is 1. The van der Waals surface area contributed by atoms with Crippen LogP contribution in [-0.2, 0) is 11.2 Å². The van der Waals surface area contributed by atoms with Gasteiger partial charge in [-0.15, -0.1) is 24.0 Å². The summed E-state index contributed by atoms with van der Waals surface area (Å²) >= 11 is 0. The number of nitrogens with one attached hydrogen (secondary N) is 1. The van der Waals surface area contributed by atoms with Crippen molar-refractivity contribution in [2.75, 3.05) is 39.4 Å². The molecule has 0 aliphatic carbocycles. The number of hydrogen-bond donors (Lipinski definition) is 1. The molecule has 1 aliphatic rings. The molecule has 1 aromatic rings. The van der Waals surface area contributed by atoms with E-state index in [0.29, 0.717) is 5.41 Å². The van der Waals surface area contributed by atoms with Gasteiger partial charge in [-0.25, -0.2) is 0 Å². The molecule has 26 heavy (non-hydrogen) atoms. The molecule has 1 heterocycles. The van der Waals surface area contributed by atoms with Crippen molar-refractivity contribution >= 4 is 29.9 Å². The van der Waals surface area contributed by atoms with Crippen LogP contribution < -0.4 is 5.32 Å². The molecule has 5 heteroatoms. The van der Waals surface area contributed by atoms with E-state index in [1.54, 1.807) is 0 Å². The molecule has 0 atom stereocenters. The Hall–Kier alpha value is -0.820. The van der Waals surface area contributed by atoms with E-state index >= 15 is 0 Å². The van der Waals surface area contributed by atoms with Crippen molar-refractivity contribution in [1.29, 1.82) is 0 Å². The summed E-state index contributed by atoms with van der Waals surface area (Å²) in [6.45, 7) is 12.5. The van der Waals surface area contributed by atoms with Gasteiger partial charge in [0.1, 0.15) is 0 Å². The molecule has 0 unspecified atom stereocenters. The van der Waals surface area contributed by atoms with E-state index in [9.17, 15) is 0 Å². The molecule has 0 amide bonds. The molecule has 2 rings (SSSR count). The predicted octanol–water partition coefficient (Wildman–Crippen LogP) is 4.34. The van der Waals surface area contributed by atoms with Gasteiger partial charge in [-0.1, -0.05) is 44.2 Å². The van der Waals surface area contributed by atoms with Crippen LogP contribution in [0.5, 0.6) is 0 Å². The van der Waals surface area contributed by atoms with Crippen molar-refractivity contribution in [3.05, 3.63) is 35.9 Å². The predicted molar refractivity (Wildman–Crippen MR) is 122 cm³/mol. The summed E-state index contributed by atoms with van der Waals surface area (Å²) in [6.07, 6.45) is 4.39. The third-order valence-corrected chi connectivity index (χ3v) is 4.65. The van der Waals surface area contributed by atoms with E-state index in [1.165, 1.54) is 12.0 Å². The average molecular weight is 473 g/mol. The first-order valence-corrected chi connectivity index (χ1v) is 9.76. The number of likely N-dealkylation sites (tertiary alicyclic amines) is 1. The van der Waals surface area contributed by atoms with E-state index in [0.717, 1.165) is 64.6 Å². The molecule has 0 aromatic heterocycles. The molecular formula is C21H36IN3O. The van der Waals surface area contributed by atoms with Crippen LogP contribution >= 0.6 is 24.0 Å². The first kappa shape index (κ1) is 23.2. The lowest BCUT2D eigenvalue weighted by Crippen LogP contribution is -2.40. The number of nitrogens with zero attached hydrogens (tertiary/aromatic N) is 2. The van der Waals surface area contributed by atoms with Gasteiger partial charge in [-0.3, -0.25) is 4.99 Å². The van der Waals surface area contributed by atoms with Crippen LogP contribution in [0.1, 0.15) is 45.6 Å². The first-order chi connectivity index (χ1) is 12.1. The molecule has 0 bridgehead atoms. The number of aliphatic imine (C=N–C) groups is 1. The normalized spacial score (nSPS) is 16.4. The molecule has 1 saturated heterocycles. The van der Waals surface area contributed by atoms with E-state index in [1.807, 2.05) is 0 Å². The summed E-state index contributed by atoms with van der Waals surface area (Å²) in [6, 6.07) is 10.5. The molecule has 4 nitrogen and oxygen atoms in total. The van der Waals surface area contributed by atoms with E-state index in [4.69, 9.17) is 9.73 Å². The maximum Gasteiger partial charge on any atom is 0.193 e. The van der Waals surface area contributed by atoms with Gasteiger partial charge in [0.05, 0.1) is 6.61 Å². The Morgan fingerprint density at radius 3 is 2.62 bits per heavy atom. The highest BCUT2D eigenvalue weighted by Crippen LogP contribution is 2.28. The van der Waals surface area contributed by atoms with Crippen LogP contribution in [0.25, 0.3) is 0 Å². The van der Waals surface area contributed by atoms with Crippen molar-refractivity contribution in [3.63, 3.8) is 0 Å². The van der Waals surface area contributed by atoms with Crippen molar-refractivity contribution in [1.82, 2.24) is 10.2 Å². The minimum Gasteiger partial charge on any atom is -0.381 e. The minimum absolute atomic E-state index is 0. The second kappa shape index (κ2) is 12.5. The summed E-state index contributed by atoms with van der Waals surface area (Å²) < 4.78 is 5.74. The van der Waals surface area contributed by atoms with Crippen LogP contribution in [0.4, 0.5) is 0 Å². The zero-order valence-corrected chi connectivity index (χ0v) is 19.0. The van der Waals surface area contributed by atoms with Gasteiger partial charge in [0, 0.05) is 32.8 Å². The number of benzene rings is 1. The Morgan fingerprint density at radius 1 is 1.19 bits per heavy atom. The fourth-order valence-electron chi connectivity index (χ4n) is 3.16. The zero-order valence-electron chi connectivity index (χ0n) is 16.7. The van der Waals surface area contributed by atoms with Crippen LogP contribution in [-0.4, -0.2) is 50.3 Å². The highest BCUT2D eigenvalue weighted by molar-refractivity contribution is 14.0. The topological polar surface area (TPSA) is 36.9 Å². The molecule has 1 N–H and O–H groups in total. The van der Waals surface area contributed by atoms with Crippen LogP contribution in [0.2, 0.25) is 0 Å². The fourth-order valence-corrected chi connectivity index (χ4v) is 3.16. The highest BCUT2D eigenvalue weighted by atomic mass is 127. The summed E-state index contributed by atoms with van der Waals surface area (Å²) in [5.74, 6) is 1.08. The number of ether oxygens (including phenoxy) is 1. The SMILES string of the molecule is CCNC(=NCCCCOCCc1ccccc1)N1CCC(C)(C)C1.I. The molecule has 1 aliphatic heterocycles. The Morgan fingerprint density at radius 2 is 1.96 bits per heavy atom. The maximum atomic E-state index is 5.74. The lowest BCUT2D eigenvalue weighted by Gasteiger charge is -2.23. The Balaban J connectivity index is 0.00000338. The second-order valence-electron chi connectivity index (χ2n) is 7.63. The van der Waals surface area contributed by atoms with E-state index in [-0.39, 0.29) is 24.0 Å². The number of hydrogen-bond acceptors (Lipinski definition) is 2. The zero-order chi connectivity index (χ0) is 18.0. The summed E-state index contributed by atoms with van der Waals surface area (Å²) in [7, 11) is 0. The molecule has 148 valence electrons. The lowest BCUT2D eigenvalue weighted by atomic mass is 9.93.